The van der Waals surface area contributed by atoms with Crippen LogP contribution in [0.25, 0.3) is 0 Å². The summed E-state index contributed by atoms with van der Waals surface area (Å²) in [7, 11) is 0. The number of nitrogen functional groups attached to an aromatic ring is 1. The smallest absolute Gasteiger partial charge is 0.242 e. The number of nitrogens with zero attached hydrogens (tertiary/aromatic N) is 3. The van der Waals surface area contributed by atoms with Crippen LogP contribution in [0.5, 0.6) is 0 Å². The summed E-state index contributed by atoms with van der Waals surface area (Å²) < 4.78 is 1.45. The van der Waals surface area contributed by atoms with E-state index in [4.69, 9.17) is 5.73 Å². The zero-order chi connectivity index (χ0) is 12.3. The minimum atomic E-state index is -0.0331. The van der Waals surface area contributed by atoms with E-state index >= 15 is 0 Å². The molecule has 1 fully saturated rings. The SMILES string of the molecule is CC(NC(=O)Cn1cnc(N)n1)C1CCCC1. The predicted octanol–water partition coefficient (Wildman–Crippen LogP) is 0.555. The fraction of sp³-hybridized carbons (Fsp3) is 0.727. The molecule has 1 aliphatic rings. The lowest BCUT2D eigenvalue weighted by Gasteiger charge is -2.20. The van der Waals surface area contributed by atoms with Gasteiger partial charge in [0.25, 0.3) is 0 Å². The molecule has 17 heavy (non-hydrogen) atoms. The van der Waals surface area contributed by atoms with E-state index in [-0.39, 0.29) is 24.4 Å². The second-order valence-electron chi connectivity index (χ2n) is 4.70. The van der Waals surface area contributed by atoms with E-state index in [2.05, 4.69) is 22.3 Å². The topological polar surface area (TPSA) is 85.8 Å². The summed E-state index contributed by atoms with van der Waals surface area (Å²) in [5, 5.41) is 6.89. The molecule has 1 atom stereocenters. The average Bonchev–Trinajstić information content (AvgIpc) is 2.89. The summed E-state index contributed by atoms with van der Waals surface area (Å²) >= 11 is 0. The number of hydrogen-bond donors (Lipinski definition) is 2. The highest BCUT2D eigenvalue weighted by Crippen LogP contribution is 2.27. The van der Waals surface area contributed by atoms with E-state index in [1.807, 2.05) is 0 Å². The van der Waals surface area contributed by atoms with Crippen LogP contribution in [0.4, 0.5) is 5.95 Å². The minimum absolute atomic E-state index is 0.0331. The van der Waals surface area contributed by atoms with Gasteiger partial charge in [-0.15, -0.1) is 5.10 Å². The Morgan fingerprint density at radius 1 is 1.65 bits per heavy atom. The predicted molar refractivity (Wildman–Crippen MR) is 64.0 cm³/mol. The molecule has 1 heterocycles. The van der Waals surface area contributed by atoms with Gasteiger partial charge in [0, 0.05) is 6.04 Å². The van der Waals surface area contributed by atoms with Crippen LogP contribution in [-0.4, -0.2) is 26.7 Å². The third-order valence-electron chi connectivity index (χ3n) is 3.36. The summed E-state index contributed by atoms with van der Waals surface area (Å²) in [4.78, 5) is 15.5. The molecular formula is C11H19N5O. The van der Waals surface area contributed by atoms with Gasteiger partial charge in [-0.25, -0.2) is 9.67 Å². The first-order chi connectivity index (χ1) is 8.15. The Balaban J connectivity index is 1.80. The summed E-state index contributed by atoms with van der Waals surface area (Å²) in [6.45, 7) is 2.25. The maximum atomic E-state index is 11.7. The first kappa shape index (κ1) is 11.9. The molecule has 1 unspecified atom stereocenters. The molecule has 0 aromatic carbocycles. The quantitative estimate of drug-likeness (QED) is 0.801. The molecule has 0 radical (unpaired) electrons. The Labute approximate surface area is 101 Å². The average molecular weight is 237 g/mol. The van der Waals surface area contributed by atoms with Crippen LogP contribution in [0.1, 0.15) is 32.6 Å². The summed E-state index contributed by atoms with van der Waals surface area (Å²) in [5.74, 6) is 0.788. The van der Waals surface area contributed by atoms with Gasteiger partial charge in [-0.2, -0.15) is 0 Å². The van der Waals surface area contributed by atoms with Crippen LogP contribution in [0.3, 0.4) is 0 Å². The van der Waals surface area contributed by atoms with Crippen molar-refractivity contribution in [2.24, 2.45) is 5.92 Å². The van der Waals surface area contributed by atoms with Gasteiger partial charge < -0.3 is 11.1 Å². The lowest BCUT2D eigenvalue weighted by molar-refractivity contribution is -0.122. The van der Waals surface area contributed by atoms with Crippen molar-refractivity contribution >= 4 is 11.9 Å². The molecule has 0 saturated heterocycles. The number of carbonyl (C=O) groups is 1. The number of rotatable bonds is 4. The molecule has 6 nitrogen and oxygen atoms in total. The third kappa shape index (κ3) is 3.18. The van der Waals surface area contributed by atoms with Crippen LogP contribution < -0.4 is 11.1 Å². The van der Waals surface area contributed by atoms with Crippen molar-refractivity contribution in [2.45, 2.75) is 45.2 Å². The highest BCUT2D eigenvalue weighted by atomic mass is 16.2. The Bertz CT molecular complexity index is 383. The molecule has 1 aromatic rings. The number of hydrogen-bond acceptors (Lipinski definition) is 4. The molecule has 0 aliphatic heterocycles. The molecule has 2 rings (SSSR count). The van der Waals surface area contributed by atoms with Crippen LogP contribution in [0.15, 0.2) is 6.33 Å². The lowest BCUT2D eigenvalue weighted by atomic mass is 10.00. The van der Waals surface area contributed by atoms with Crippen molar-refractivity contribution in [3.63, 3.8) is 0 Å². The van der Waals surface area contributed by atoms with Crippen molar-refractivity contribution < 1.29 is 4.79 Å². The van der Waals surface area contributed by atoms with Crippen LogP contribution in [0, 0.1) is 5.92 Å². The monoisotopic (exact) mass is 237 g/mol. The summed E-state index contributed by atoms with van der Waals surface area (Å²) in [6, 6.07) is 0.242. The van der Waals surface area contributed by atoms with Crippen molar-refractivity contribution in [1.82, 2.24) is 20.1 Å². The fourth-order valence-corrected chi connectivity index (χ4v) is 2.41. The maximum absolute atomic E-state index is 11.7. The molecule has 94 valence electrons. The second kappa shape index (κ2) is 5.16. The van der Waals surface area contributed by atoms with E-state index < -0.39 is 0 Å². The highest BCUT2D eigenvalue weighted by molar-refractivity contribution is 5.75. The Morgan fingerprint density at radius 2 is 2.35 bits per heavy atom. The normalized spacial score (nSPS) is 18.2. The number of carbonyl (C=O) groups excluding carboxylic acids is 1. The molecule has 6 heteroatoms. The number of amides is 1. The molecular weight excluding hydrogens is 218 g/mol. The number of nitrogens with one attached hydrogen (secondary N) is 1. The fourth-order valence-electron chi connectivity index (χ4n) is 2.41. The van der Waals surface area contributed by atoms with Gasteiger partial charge >= 0.3 is 0 Å². The van der Waals surface area contributed by atoms with Gasteiger partial charge in [-0.1, -0.05) is 12.8 Å². The van der Waals surface area contributed by atoms with Crippen LogP contribution in [0.2, 0.25) is 0 Å². The zero-order valence-electron chi connectivity index (χ0n) is 10.1. The molecule has 1 saturated carbocycles. The van der Waals surface area contributed by atoms with Gasteiger partial charge in [0.2, 0.25) is 11.9 Å². The van der Waals surface area contributed by atoms with Gasteiger partial charge in [0.15, 0.2) is 0 Å². The van der Waals surface area contributed by atoms with Crippen LogP contribution >= 0.6 is 0 Å². The Hall–Kier alpha value is -1.59. The first-order valence-corrected chi connectivity index (χ1v) is 6.09. The largest absolute Gasteiger partial charge is 0.367 e. The van der Waals surface area contributed by atoms with Crippen LogP contribution in [-0.2, 0) is 11.3 Å². The molecule has 3 N–H and O–H groups in total. The van der Waals surface area contributed by atoms with Crippen molar-refractivity contribution in [1.29, 1.82) is 0 Å². The molecule has 1 aliphatic carbocycles. The van der Waals surface area contributed by atoms with Gasteiger partial charge in [0.05, 0.1) is 0 Å². The number of nitrogens with two attached hydrogens (primary N) is 1. The molecule has 1 amide bonds. The molecule has 1 aromatic heterocycles. The highest BCUT2D eigenvalue weighted by Gasteiger charge is 2.22. The second-order valence-corrected chi connectivity index (χ2v) is 4.70. The summed E-state index contributed by atoms with van der Waals surface area (Å²) in [5.41, 5.74) is 5.38. The van der Waals surface area contributed by atoms with Crippen molar-refractivity contribution in [3.8, 4) is 0 Å². The molecule has 0 bridgehead atoms. The van der Waals surface area contributed by atoms with E-state index in [9.17, 15) is 4.79 Å². The van der Waals surface area contributed by atoms with E-state index in [1.54, 1.807) is 0 Å². The zero-order valence-corrected chi connectivity index (χ0v) is 10.1. The molecule has 0 spiro atoms. The first-order valence-electron chi connectivity index (χ1n) is 6.09. The van der Waals surface area contributed by atoms with Crippen molar-refractivity contribution in [3.05, 3.63) is 6.33 Å². The van der Waals surface area contributed by atoms with Crippen molar-refractivity contribution in [2.75, 3.05) is 5.73 Å². The Morgan fingerprint density at radius 3 is 2.94 bits per heavy atom. The number of aromatic nitrogens is 3. The third-order valence-corrected chi connectivity index (χ3v) is 3.36. The maximum Gasteiger partial charge on any atom is 0.242 e. The lowest BCUT2D eigenvalue weighted by Crippen LogP contribution is -2.39. The standard InChI is InChI=1S/C11H19N5O/c1-8(9-4-2-3-5-9)14-10(17)6-16-7-13-11(12)15-16/h7-9H,2-6H2,1H3,(H2,12,15)(H,14,17). The van der Waals surface area contributed by atoms with Gasteiger partial charge in [0.1, 0.15) is 12.9 Å². The van der Waals surface area contributed by atoms with E-state index in [0.29, 0.717) is 5.92 Å². The van der Waals surface area contributed by atoms with E-state index in [1.165, 1.54) is 36.7 Å². The Kier molecular flexibility index (Phi) is 3.61. The summed E-state index contributed by atoms with van der Waals surface area (Å²) in [6.07, 6.45) is 6.47. The van der Waals surface area contributed by atoms with Gasteiger partial charge in [-0.3, -0.25) is 4.79 Å². The minimum Gasteiger partial charge on any atom is -0.367 e. The van der Waals surface area contributed by atoms with Gasteiger partial charge in [-0.05, 0) is 25.7 Å². The number of anilines is 1. The van der Waals surface area contributed by atoms with E-state index in [0.717, 1.165) is 0 Å².